The molecule has 0 aliphatic carbocycles. The number of hydrogen-bond donors (Lipinski definition) is 1. The van der Waals surface area contributed by atoms with Gasteiger partial charge in [0, 0.05) is 13.1 Å². The summed E-state index contributed by atoms with van der Waals surface area (Å²) in [5.41, 5.74) is 0.324. The summed E-state index contributed by atoms with van der Waals surface area (Å²) in [6.07, 6.45) is 4.58. The van der Waals surface area contributed by atoms with E-state index in [1.807, 2.05) is 4.90 Å². The van der Waals surface area contributed by atoms with E-state index in [2.05, 4.69) is 19.2 Å². The van der Waals surface area contributed by atoms with Gasteiger partial charge in [0.2, 0.25) is 5.91 Å². The third-order valence-corrected chi connectivity index (χ3v) is 3.60. The second kappa shape index (κ2) is 5.37. The summed E-state index contributed by atoms with van der Waals surface area (Å²) in [6.45, 7) is 7.38. The standard InChI is InChI=1S/C12H22N2O.ClH/c1-12(2)6-8-14(9-12)11(15)10-5-3-4-7-13-10;/h10,13H,3-9H2,1-2H3;1H/t10-;/m0./s1. The Kier molecular flexibility index (Phi) is 4.62. The molecule has 94 valence electrons. The van der Waals surface area contributed by atoms with E-state index < -0.39 is 0 Å². The molecule has 0 aromatic carbocycles. The number of hydrogen-bond acceptors (Lipinski definition) is 2. The predicted molar refractivity (Wildman–Crippen MR) is 67.9 cm³/mol. The summed E-state index contributed by atoms with van der Waals surface area (Å²) in [7, 11) is 0. The highest BCUT2D eigenvalue weighted by atomic mass is 35.5. The van der Waals surface area contributed by atoms with Crippen molar-refractivity contribution in [3.63, 3.8) is 0 Å². The van der Waals surface area contributed by atoms with E-state index in [0.29, 0.717) is 11.3 Å². The number of likely N-dealkylation sites (tertiary alicyclic amines) is 1. The minimum Gasteiger partial charge on any atom is -0.341 e. The van der Waals surface area contributed by atoms with Gasteiger partial charge in [0.25, 0.3) is 0 Å². The normalized spacial score (nSPS) is 28.6. The Labute approximate surface area is 104 Å². The molecule has 1 N–H and O–H groups in total. The van der Waals surface area contributed by atoms with Gasteiger partial charge in [0.05, 0.1) is 6.04 Å². The lowest BCUT2D eigenvalue weighted by atomic mass is 9.93. The number of amides is 1. The molecular formula is C12H23ClN2O. The Morgan fingerprint density at radius 1 is 1.38 bits per heavy atom. The maximum atomic E-state index is 12.2. The van der Waals surface area contributed by atoms with Gasteiger partial charge in [-0.1, -0.05) is 20.3 Å². The number of carbonyl (C=O) groups excluding carboxylic acids is 1. The second-order valence-electron chi connectivity index (χ2n) is 5.68. The number of nitrogens with zero attached hydrogens (tertiary/aromatic N) is 1. The van der Waals surface area contributed by atoms with Crippen molar-refractivity contribution in [1.82, 2.24) is 10.2 Å². The van der Waals surface area contributed by atoms with Crippen LogP contribution in [0.3, 0.4) is 0 Å². The molecular weight excluding hydrogens is 224 g/mol. The molecule has 0 unspecified atom stereocenters. The fraction of sp³-hybridized carbons (Fsp3) is 0.917. The lowest BCUT2D eigenvalue weighted by Gasteiger charge is -2.28. The van der Waals surface area contributed by atoms with Gasteiger partial charge in [-0.25, -0.2) is 0 Å². The zero-order valence-electron chi connectivity index (χ0n) is 10.3. The number of rotatable bonds is 1. The van der Waals surface area contributed by atoms with Gasteiger partial charge >= 0.3 is 0 Å². The molecule has 2 aliphatic rings. The van der Waals surface area contributed by atoms with Gasteiger partial charge < -0.3 is 10.2 Å². The number of carbonyl (C=O) groups is 1. The smallest absolute Gasteiger partial charge is 0.239 e. The average molecular weight is 247 g/mol. The molecule has 0 aromatic heterocycles. The highest BCUT2D eigenvalue weighted by Gasteiger charge is 2.35. The van der Waals surface area contributed by atoms with Crippen LogP contribution in [0, 0.1) is 5.41 Å². The summed E-state index contributed by atoms with van der Waals surface area (Å²) in [5, 5.41) is 3.33. The van der Waals surface area contributed by atoms with Crippen LogP contribution in [0.25, 0.3) is 0 Å². The first-order valence-corrected chi connectivity index (χ1v) is 6.11. The first kappa shape index (κ1) is 13.8. The largest absolute Gasteiger partial charge is 0.341 e. The van der Waals surface area contributed by atoms with Crippen molar-refractivity contribution >= 4 is 18.3 Å². The molecule has 3 nitrogen and oxygen atoms in total. The van der Waals surface area contributed by atoms with E-state index >= 15 is 0 Å². The van der Waals surface area contributed by atoms with E-state index in [9.17, 15) is 4.79 Å². The van der Waals surface area contributed by atoms with Gasteiger partial charge in [-0.15, -0.1) is 12.4 Å². The molecule has 0 saturated carbocycles. The van der Waals surface area contributed by atoms with Crippen LogP contribution >= 0.6 is 12.4 Å². The Bertz CT molecular complexity index is 249. The Balaban J connectivity index is 0.00000128. The molecule has 2 heterocycles. The zero-order chi connectivity index (χ0) is 10.9. The maximum absolute atomic E-state index is 12.2. The van der Waals surface area contributed by atoms with Crippen LogP contribution in [0.4, 0.5) is 0 Å². The summed E-state index contributed by atoms with van der Waals surface area (Å²) >= 11 is 0. The Hall–Kier alpha value is -0.280. The fourth-order valence-electron chi connectivity index (χ4n) is 2.58. The van der Waals surface area contributed by atoms with Crippen molar-refractivity contribution in [3.05, 3.63) is 0 Å². The molecule has 2 rings (SSSR count). The lowest BCUT2D eigenvalue weighted by molar-refractivity contribution is -0.133. The zero-order valence-corrected chi connectivity index (χ0v) is 11.1. The third kappa shape index (κ3) is 3.11. The molecule has 2 saturated heterocycles. The molecule has 2 fully saturated rings. The summed E-state index contributed by atoms with van der Waals surface area (Å²) in [5.74, 6) is 0.334. The summed E-state index contributed by atoms with van der Waals surface area (Å²) in [4.78, 5) is 14.2. The van der Waals surface area contributed by atoms with Crippen molar-refractivity contribution < 1.29 is 4.79 Å². The Morgan fingerprint density at radius 3 is 2.62 bits per heavy atom. The van der Waals surface area contributed by atoms with Gasteiger partial charge in [-0.2, -0.15) is 0 Å². The van der Waals surface area contributed by atoms with Gasteiger partial charge in [0.1, 0.15) is 0 Å². The number of nitrogens with one attached hydrogen (secondary N) is 1. The number of halogens is 1. The highest BCUT2D eigenvalue weighted by Crippen LogP contribution is 2.29. The SMILES string of the molecule is CC1(C)CCN(C(=O)[C@@H]2CCCCN2)C1.Cl. The lowest BCUT2D eigenvalue weighted by Crippen LogP contribution is -2.48. The predicted octanol–water partition coefficient (Wildman–Crippen LogP) is 1.81. The fourth-order valence-corrected chi connectivity index (χ4v) is 2.58. The molecule has 1 amide bonds. The van der Waals surface area contributed by atoms with E-state index in [-0.39, 0.29) is 18.4 Å². The van der Waals surface area contributed by atoms with Crippen LogP contribution in [0.2, 0.25) is 0 Å². The van der Waals surface area contributed by atoms with Crippen molar-refractivity contribution in [3.8, 4) is 0 Å². The van der Waals surface area contributed by atoms with Crippen LogP contribution in [0.5, 0.6) is 0 Å². The summed E-state index contributed by atoms with van der Waals surface area (Å²) in [6, 6.07) is 0.104. The molecule has 2 aliphatic heterocycles. The molecule has 4 heteroatoms. The van der Waals surface area contributed by atoms with E-state index in [4.69, 9.17) is 0 Å². The quantitative estimate of drug-likeness (QED) is 0.766. The van der Waals surface area contributed by atoms with Crippen LogP contribution in [-0.4, -0.2) is 36.5 Å². The minimum atomic E-state index is 0. The van der Waals surface area contributed by atoms with Crippen molar-refractivity contribution in [2.45, 2.75) is 45.6 Å². The van der Waals surface area contributed by atoms with Crippen LogP contribution in [0.15, 0.2) is 0 Å². The second-order valence-corrected chi connectivity index (χ2v) is 5.68. The van der Waals surface area contributed by atoms with Crippen LogP contribution < -0.4 is 5.32 Å². The van der Waals surface area contributed by atoms with Crippen molar-refractivity contribution in [2.24, 2.45) is 5.41 Å². The molecule has 0 spiro atoms. The average Bonchev–Trinajstić information content (AvgIpc) is 2.59. The minimum absolute atomic E-state index is 0. The monoisotopic (exact) mass is 246 g/mol. The van der Waals surface area contributed by atoms with E-state index in [1.165, 1.54) is 12.8 Å². The highest BCUT2D eigenvalue weighted by molar-refractivity contribution is 5.85. The third-order valence-electron chi connectivity index (χ3n) is 3.60. The molecule has 0 aromatic rings. The summed E-state index contributed by atoms with van der Waals surface area (Å²) < 4.78 is 0. The first-order chi connectivity index (χ1) is 7.08. The topological polar surface area (TPSA) is 32.3 Å². The first-order valence-electron chi connectivity index (χ1n) is 6.11. The molecule has 0 radical (unpaired) electrons. The maximum Gasteiger partial charge on any atom is 0.239 e. The van der Waals surface area contributed by atoms with Gasteiger partial charge in [-0.05, 0) is 31.2 Å². The van der Waals surface area contributed by atoms with Gasteiger partial charge in [-0.3, -0.25) is 4.79 Å². The molecule has 16 heavy (non-hydrogen) atoms. The van der Waals surface area contributed by atoms with Crippen LogP contribution in [0.1, 0.15) is 39.5 Å². The van der Waals surface area contributed by atoms with Crippen LogP contribution in [-0.2, 0) is 4.79 Å². The van der Waals surface area contributed by atoms with Crippen molar-refractivity contribution in [1.29, 1.82) is 0 Å². The molecule has 1 atom stereocenters. The van der Waals surface area contributed by atoms with E-state index in [0.717, 1.165) is 32.5 Å². The van der Waals surface area contributed by atoms with Gasteiger partial charge in [0.15, 0.2) is 0 Å². The Morgan fingerprint density at radius 2 is 2.12 bits per heavy atom. The van der Waals surface area contributed by atoms with Crippen molar-refractivity contribution in [2.75, 3.05) is 19.6 Å². The van der Waals surface area contributed by atoms with E-state index in [1.54, 1.807) is 0 Å². The molecule has 0 bridgehead atoms. The number of piperidine rings is 1.